The molecule has 1 heterocycles. The van der Waals surface area contributed by atoms with Gasteiger partial charge in [0.1, 0.15) is 5.82 Å². The van der Waals surface area contributed by atoms with Crippen molar-refractivity contribution in [2.75, 3.05) is 5.32 Å². The maximum atomic E-state index is 13.7. The van der Waals surface area contributed by atoms with Crippen molar-refractivity contribution in [1.82, 2.24) is 10.2 Å². The summed E-state index contributed by atoms with van der Waals surface area (Å²) < 4.78 is 13.7. The molecule has 2 aromatic carbocycles. The monoisotopic (exact) mass is 313 g/mol. The van der Waals surface area contributed by atoms with Crippen molar-refractivity contribution in [2.24, 2.45) is 0 Å². The Morgan fingerprint density at radius 1 is 1.09 bits per heavy atom. The lowest BCUT2D eigenvalue weighted by atomic mass is 10.1. The van der Waals surface area contributed by atoms with Gasteiger partial charge in [-0.25, -0.2) is 4.39 Å². The van der Waals surface area contributed by atoms with Gasteiger partial charge in [0.2, 0.25) is 5.13 Å². The van der Waals surface area contributed by atoms with E-state index in [1.807, 2.05) is 19.1 Å². The number of amides is 1. The van der Waals surface area contributed by atoms with Gasteiger partial charge in [0.05, 0.1) is 0 Å². The lowest BCUT2D eigenvalue weighted by molar-refractivity contribution is 0.102. The second-order valence-electron chi connectivity index (χ2n) is 4.71. The lowest BCUT2D eigenvalue weighted by Crippen LogP contribution is -2.11. The zero-order chi connectivity index (χ0) is 15.5. The van der Waals surface area contributed by atoms with Gasteiger partial charge >= 0.3 is 0 Å². The van der Waals surface area contributed by atoms with Gasteiger partial charge in [-0.1, -0.05) is 41.2 Å². The smallest absolute Gasteiger partial charge is 0.257 e. The molecule has 0 saturated heterocycles. The van der Waals surface area contributed by atoms with Crippen LogP contribution in [0.3, 0.4) is 0 Å². The molecule has 1 aromatic heterocycles. The average Bonchev–Trinajstić information content (AvgIpc) is 2.96. The summed E-state index contributed by atoms with van der Waals surface area (Å²) in [5, 5.41) is 11.2. The van der Waals surface area contributed by atoms with Crippen molar-refractivity contribution in [1.29, 1.82) is 0 Å². The first kappa shape index (κ1) is 14.3. The highest BCUT2D eigenvalue weighted by atomic mass is 32.1. The van der Waals surface area contributed by atoms with Crippen LogP contribution in [0, 0.1) is 12.7 Å². The fraction of sp³-hybridized carbons (Fsp3) is 0.0625. The molecule has 0 fully saturated rings. The summed E-state index contributed by atoms with van der Waals surface area (Å²) >= 11 is 1.13. The highest BCUT2D eigenvalue weighted by Gasteiger charge is 2.13. The molecule has 1 amide bonds. The topological polar surface area (TPSA) is 54.9 Å². The number of benzene rings is 2. The number of carbonyl (C=O) groups excluding carboxylic acids is 1. The number of nitrogens with one attached hydrogen (secondary N) is 1. The Morgan fingerprint density at radius 3 is 2.55 bits per heavy atom. The van der Waals surface area contributed by atoms with Crippen LogP contribution in [-0.4, -0.2) is 16.1 Å². The SMILES string of the molecule is Cc1ccc(C(=O)Nc2nnc(-c3ccccc3F)s2)cc1. The molecule has 3 rings (SSSR count). The molecular formula is C16H12FN3OS. The predicted octanol–water partition coefficient (Wildman–Crippen LogP) is 3.90. The first-order valence-corrected chi connectivity index (χ1v) is 7.41. The van der Waals surface area contributed by atoms with Gasteiger partial charge in [-0.2, -0.15) is 0 Å². The number of anilines is 1. The van der Waals surface area contributed by atoms with Gasteiger partial charge in [-0.05, 0) is 31.2 Å². The molecule has 0 aliphatic rings. The molecule has 1 N–H and O–H groups in total. The van der Waals surface area contributed by atoms with E-state index in [2.05, 4.69) is 15.5 Å². The zero-order valence-electron chi connectivity index (χ0n) is 11.7. The standard InChI is InChI=1S/C16H12FN3OS/c1-10-6-8-11(9-7-10)14(21)18-16-20-19-15(22-16)12-4-2-3-5-13(12)17/h2-9H,1H3,(H,18,20,21). The van der Waals surface area contributed by atoms with Crippen LogP contribution in [0.5, 0.6) is 0 Å². The molecule has 0 radical (unpaired) electrons. The van der Waals surface area contributed by atoms with Crippen LogP contribution in [0.15, 0.2) is 48.5 Å². The molecule has 0 bridgehead atoms. The molecule has 0 aliphatic carbocycles. The Hall–Kier alpha value is -2.60. The van der Waals surface area contributed by atoms with E-state index in [1.165, 1.54) is 6.07 Å². The quantitative estimate of drug-likeness (QED) is 0.797. The summed E-state index contributed by atoms with van der Waals surface area (Å²) in [6, 6.07) is 13.5. The predicted molar refractivity (Wildman–Crippen MR) is 84.4 cm³/mol. The minimum Gasteiger partial charge on any atom is -0.296 e. The van der Waals surface area contributed by atoms with Gasteiger partial charge in [0.25, 0.3) is 5.91 Å². The van der Waals surface area contributed by atoms with E-state index in [9.17, 15) is 9.18 Å². The highest BCUT2D eigenvalue weighted by molar-refractivity contribution is 7.18. The fourth-order valence-corrected chi connectivity index (χ4v) is 2.66. The van der Waals surface area contributed by atoms with Gasteiger partial charge < -0.3 is 0 Å². The number of halogens is 1. The van der Waals surface area contributed by atoms with Gasteiger partial charge in [0, 0.05) is 11.1 Å². The Morgan fingerprint density at radius 2 is 1.82 bits per heavy atom. The molecule has 0 aliphatic heterocycles. The number of hydrogen-bond acceptors (Lipinski definition) is 4. The van der Waals surface area contributed by atoms with E-state index in [0.717, 1.165) is 16.9 Å². The van der Waals surface area contributed by atoms with Crippen molar-refractivity contribution >= 4 is 22.4 Å². The number of rotatable bonds is 3. The van der Waals surface area contributed by atoms with E-state index < -0.39 is 0 Å². The second-order valence-corrected chi connectivity index (χ2v) is 5.69. The molecule has 0 spiro atoms. The number of aryl methyl sites for hydroxylation is 1. The van der Waals surface area contributed by atoms with E-state index >= 15 is 0 Å². The molecule has 110 valence electrons. The minimum absolute atomic E-state index is 0.267. The number of hydrogen-bond donors (Lipinski definition) is 1. The number of carbonyl (C=O) groups is 1. The van der Waals surface area contributed by atoms with Crippen LogP contribution in [0.4, 0.5) is 9.52 Å². The first-order chi connectivity index (χ1) is 10.6. The average molecular weight is 313 g/mol. The first-order valence-electron chi connectivity index (χ1n) is 6.60. The van der Waals surface area contributed by atoms with Crippen molar-refractivity contribution in [3.63, 3.8) is 0 Å². The van der Waals surface area contributed by atoms with Crippen molar-refractivity contribution < 1.29 is 9.18 Å². The largest absolute Gasteiger partial charge is 0.296 e. The molecule has 6 heteroatoms. The number of nitrogens with zero attached hydrogens (tertiary/aromatic N) is 2. The van der Waals surface area contributed by atoms with Crippen LogP contribution in [0.1, 0.15) is 15.9 Å². The third-order valence-corrected chi connectivity index (χ3v) is 3.94. The van der Waals surface area contributed by atoms with Gasteiger partial charge in [0.15, 0.2) is 5.01 Å². The summed E-state index contributed by atoms with van der Waals surface area (Å²) in [6.07, 6.45) is 0. The maximum Gasteiger partial charge on any atom is 0.257 e. The Balaban J connectivity index is 1.78. The van der Waals surface area contributed by atoms with Crippen LogP contribution in [-0.2, 0) is 0 Å². The molecule has 3 aromatic rings. The molecule has 0 saturated carbocycles. The van der Waals surface area contributed by atoms with Crippen molar-refractivity contribution in [3.05, 3.63) is 65.5 Å². The van der Waals surface area contributed by atoms with Crippen LogP contribution >= 0.6 is 11.3 Å². The van der Waals surface area contributed by atoms with Crippen LogP contribution in [0.25, 0.3) is 10.6 Å². The van der Waals surface area contributed by atoms with Crippen molar-refractivity contribution in [2.45, 2.75) is 6.92 Å². The molecule has 22 heavy (non-hydrogen) atoms. The van der Waals surface area contributed by atoms with E-state index in [-0.39, 0.29) is 11.7 Å². The van der Waals surface area contributed by atoms with Gasteiger partial charge in [-0.15, -0.1) is 10.2 Å². The second kappa shape index (κ2) is 6.03. The molecule has 4 nitrogen and oxygen atoms in total. The summed E-state index contributed by atoms with van der Waals surface area (Å²) in [5.41, 5.74) is 1.98. The van der Waals surface area contributed by atoms with Crippen LogP contribution < -0.4 is 5.32 Å². The molecular weight excluding hydrogens is 301 g/mol. The Kier molecular flexibility index (Phi) is 3.93. The normalized spacial score (nSPS) is 10.5. The third kappa shape index (κ3) is 3.01. The summed E-state index contributed by atoms with van der Waals surface area (Å²) in [6.45, 7) is 1.95. The summed E-state index contributed by atoms with van der Waals surface area (Å²) in [4.78, 5) is 12.1. The number of aromatic nitrogens is 2. The van der Waals surface area contributed by atoms with Crippen LogP contribution in [0.2, 0.25) is 0 Å². The zero-order valence-corrected chi connectivity index (χ0v) is 12.5. The van der Waals surface area contributed by atoms with E-state index in [4.69, 9.17) is 0 Å². The van der Waals surface area contributed by atoms with Crippen molar-refractivity contribution in [3.8, 4) is 10.6 Å². The highest BCUT2D eigenvalue weighted by Crippen LogP contribution is 2.28. The summed E-state index contributed by atoms with van der Waals surface area (Å²) in [5.74, 6) is -0.633. The Bertz CT molecular complexity index is 814. The van der Waals surface area contributed by atoms with E-state index in [0.29, 0.717) is 21.3 Å². The lowest BCUT2D eigenvalue weighted by Gasteiger charge is -2.01. The van der Waals surface area contributed by atoms with Gasteiger partial charge in [-0.3, -0.25) is 10.1 Å². The fourth-order valence-electron chi connectivity index (χ4n) is 1.89. The third-order valence-electron chi connectivity index (χ3n) is 3.06. The molecule has 0 unspecified atom stereocenters. The maximum absolute atomic E-state index is 13.7. The summed E-state index contributed by atoms with van der Waals surface area (Å²) in [7, 11) is 0. The van der Waals surface area contributed by atoms with E-state index in [1.54, 1.807) is 30.3 Å². The Labute approximate surface area is 130 Å². The minimum atomic E-state index is -0.366. The molecule has 0 atom stereocenters.